The molecule has 30 heteroatoms. The molecule has 0 amide bonds. The lowest BCUT2D eigenvalue weighted by Crippen LogP contribution is -2.38. The van der Waals surface area contributed by atoms with Crippen molar-refractivity contribution in [3.63, 3.8) is 0 Å². The highest BCUT2D eigenvalue weighted by molar-refractivity contribution is 5.72. The van der Waals surface area contributed by atoms with Gasteiger partial charge in [0.05, 0.1) is 25.3 Å². The molecule has 12 aromatic rings. The third-order valence-corrected chi connectivity index (χ3v) is 21.7. The number of likely N-dealkylation sites (tertiary alicyclic amines) is 2. The summed E-state index contributed by atoms with van der Waals surface area (Å²) in [5, 5.41) is 7.23. The summed E-state index contributed by atoms with van der Waals surface area (Å²) in [5.41, 5.74) is 9.33. The summed E-state index contributed by atoms with van der Waals surface area (Å²) in [4.78, 5) is 128. The van der Waals surface area contributed by atoms with Gasteiger partial charge in [-0.3, -0.25) is 75.5 Å². The minimum atomic E-state index is -0.358. The van der Waals surface area contributed by atoms with Crippen molar-refractivity contribution in [3.05, 3.63) is 240 Å². The molecule has 2 aliphatic carbocycles. The predicted octanol–water partition coefficient (Wildman–Crippen LogP) is 4.31. The zero-order valence-corrected chi connectivity index (χ0v) is 61.6. The maximum absolute atomic E-state index is 12.5. The van der Waals surface area contributed by atoms with Crippen molar-refractivity contribution in [2.45, 2.75) is 127 Å². The number of pyridine rings is 2. The molecule has 2 saturated heterocycles. The number of nitrogens with one attached hydrogen (secondary N) is 2. The topological polar surface area (TPSA) is 304 Å². The molecule has 0 radical (unpaired) electrons. The second-order valence-corrected chi connectivity index (χ2v) is 28.1. The molecule has 556 valence electrons. The fourth-order valence-electron chi connectivity index (χ4n) is 15.8. The van der Waals surface area contributed by atoms with Crippen LogP contribution in [0.2, 0.25) is 0 Å². The maximum atomic E-state index is 12.5. The summed E-state index contributed by atoms with van der Waals surface area (Å²) >= 11 is 0. The summed E-state index contributed by atoms with van der Waals surface area (Å²) in [6.45, 7) is 8.39. The summed E-state index contributed by atoms with van der Waals surface area (Å²) in [5.74, 6) is 0. The second kappa shape index (κ2) is 32.3. The third kappa shape index (κ3) is 14.8. The van der Waals surface area contributed by atoms with Crippen LogP contribution in [0.25, 0.3) is 44.7 Å². The van der Waals surface area contributed by atoms with Crippen molar-refractivity contribution in [1.82, 2.24) is 105 Å². The summed E-state index contributed by atoms with van der Waals surface area (Å²) in [6.07, 6.45) is 27.3. The molecule has 106 heavy (non-hydrogen) atoms. The highest BCUT2D eigenvalue weighted by Gasteiger charge is 2.29. The fraction of sp³-hybridized carbons (Fsp3) is 0.447. The van der Waals surface area contributed by atoms with Crippen molar-refractivity contribution in [1.29, 1.82) is 0 Å². The first-order chi connectivity index (χ1) is 51.3. The standard InChI is InChI=1S/C20H26N6O2.C20H25N5O2.C18H22N6O2.C18H21N5O2/c1-23-18-17(19(27)24(2)20(23)28)26(14-22-18)11-4-3-10-25-12-6-8-16(25)15-7-5-9-21-13-15;1-23-18-17(19(26)24(2)20(23)27)25(13-22-18)12-6-5-11-21-16-10-9-14-7-3-4-8-15(14)16;1-21-16-15(17(25)22(2)18(21)26)24(12-20-16)10-9-23-8-4-6-14(23)13-5-3-7-19-11-13;1-21-16-15(17(24)22(2)18(21)25)23(11-20-16)10-9-19-14-8-7-12-5-3-4-6-13(12)14/h5,7,9,13-14,16H,3-4,6,8,10-12H2,1-2H3;3-4,7-8,13,16,21H,5-6,9-12H2,1-2H3;3,5,7,11-12,14H,4,6,8-10H2,1-2H3;3-6,11,14,19H,7-10H2,1-2H3. The lowest BCUT2D eigenvalue weighted by molar-refractivity contribution is 0.247. The molecule has 2 N–H and O–H groups in total. The van der Waals surface area contributed by atoms with Gasteiger partial charge in [0.25, 0.3) is 22.2 Å². The van der Waals surface area contributed by atoms with Crippen molar-refractivity contribution in [2.24, 2.45) is 56.4 Å². The maximum Gasteiger partial charge on any atom is 0.332 e. The molecule has 0 bridgehead atoms. The van der Waals surface area contributed by atoms with Crippen molar-refractivity contribution < 1.29 is 0 Å². The molecule has 0 spiro atoms. The minimum Gasteiger partial charge on any atom is -0.325 e. The van der Waals surface area contributed by atoms with Crippen LogP contribution >= 0.6 is 0 Å². The minimum absolute atomic E-state index is 0.285. The molecule has 16 rings (SSSR count). The average Bonchev–Trinajstić information content (AvgIpc) is 1.61. The molecular weight excluding hydrogens is 1350 g/mol. The predicted molar refractivity (Wildman–Crippen MR) is 406 cm³/mol. The lowest BCUT2D eigenvalue weighted by Gasteiger charge is -2.24. The number of fused-ring (bicyclic) bond motifs is 6. The third-order valence-electron chi connectivity index (χ3n) is 21.7. The van der Waals surface area contributed by atoms with Crippen LogP contribution in [0.3, 0.4) is 0 Å². The molecule has 2 aliphatic heterocycles. The van der Waals surface area contributed by atoms with Crippen molar-refractivity contribution in [3.8, 4) is 0 Å². The van der Waals surface area contributed by atoms with E-state index in [1.54, 1.807) is 59.7 Å². The van der Waals surface area contributed by atoms with E-state index in [4.69, 9.17) is 0 Å². The first-order valence-corrected chi connectivity index (χ1v) is 36.6. The van der Waals surface area contributed by atoms with Crippen LogP contribution < -0.4 is 55.6 Å². The van der Waals surface area contributed by atoms with E-state index in [1.807, 2.05) is 49.0 Å². The molecule has 2 aromatic carbocycles. The number of imidazole rings is 4. The first-order valence-electron chi connectivity index (χ1n) is 36.6. The van der Waals surface area contributed by atoms with E-state index in [0.717, 1.165) is 128 Å². The largest absolute Gasteiger partial charge is 0.332 e. The monoisotopic (exact) mass is 1440 g/mol. The Morgan fingerprint density at radius 1 is 0.368 bits per heavy atom. The number of hydrogen-bond donors (Lipinski definition) is 2. The van der Waals surface area contributed by atoms with Crippen molar-refractivity contribution >= 4 is 44.7 Å². The Kier molecular flexibility index (Phi) is 22.4. The van der Waals surface area contributed by atoms with Gasteiger partial charge in [0, 0.05) is 145 Å². The summed E-state index contributed by atoms with van der Waals surface area (Å²) in [6, 6.07) is 27.1. The Morgan fingerprint density at radius 2 is 0.726 bits per heavy atom. The highest BCUT2D eigenvalue weighted by Crippen LogP contribution is 2.34. The average molecular weight is 1440 g/mol. The number of aryl methyl sites for hydroxylation is 8. The SMILES string of the molecule is Cn1c(=O)c2c(ncn2CCCCN2CCCC2c2cccnc2)n(C)c1=O.Cn1c(=O)c2c(ncn2CCCCNC2CCc3ccccc32)n(C)c1=O.Cn1c(=O)c2c(ncn2CCN2CCCC2c2cccnc2)n(C)c1=O.Cn1c(=O)c2c(ncn2CCNC2CCc3ccccc32)n(C)c1=O. The Balaban J connectivity index is 0.000000125. The molecule has 12 heterocycles. The van der Waals surface area contributed by atoms with Crippen LogP contribution in [0.5, 0.6) is 0 Å². The number of hydrogen-bond acceptors (Lipinski definition) is 18. The van der Waals surface area contributed by atoms with Gasteiger partial charge in [-0.1, -0.05) is 60.7 Å². The molecule has 10 aromatic heterocycles. The Morgan fingerprint density at radius 3 is 1.13 bits per heavy atom. The van der Waals surface area contributed by atoms with E-state index in [2.05, 4.69) is 111 Å². The van der Waals surface area contributed by atoms with Gasteiger partial charge in [-0.05, 0) is 149 Å². The van der Waals surface area contributed by atoms with E-state index in [1.165, 1.54) is 92.7 Å². The number of unbranched alkanes of at least 4 members (excludes halogenated alkanes) is 2. The molecule has 4 unspecified atom stereocenters. The van der Waals surface area contributed by atoms with Crippen LogP contribution in [0.1, 0.15) is 122 Å². The Labute approximate surface area is 609 Å². The molecular formula is C76H94N22O8. The van der Waals surface area contributed by atoms with Gasteiger partial charge in [0.1, 0.15) is 0 Å². The van der Waals surface area contributed by atoms with Gasteiger partial charge in [0.2, 0.25) is 0 Å². The van der Waals surface area contributed by atoms with Crippen LogP contribution in [-0.4, -0.2) is 134 Å². The number of benzene rings is 2. The van der Waals surface area contributed by atoms with Crippen LogP contribution in [0, 0.1) is 0 Å². The molecule has 4 aliphatic rings. The van der Waals surface area contributed by atoms with E-state index in [9.17, 15) is 38.4 Å². The Bertz CT molecular complexity index is 5670. The van der Waals surface area contributed by atoms with Crippen LogP contribution in [-0.2, 0) is 95.4 Å². The lowest BCUT2D eigenvalue weighted by atomic mass is 10.1. The summed E-state index contributed by atoms with van der Waals surface area (Å²) < 4.78 is 17.6. The van der Waals surface area contributed by atoms with E-state index >= 15 is 0 Å². The van der Waals surface area contributed by atoms with E-state index in [0.29, 0.717) is 88.5 Å². The second-order valence-electron chi connectivity index (χ2n) is 28.1. The van der Waals surface area contributed by atoms with Gasteiger partial charge >= 0.3 is 22.8 Å². The first kappa shape index (κ1) is 73.5. The van der Waals surface area contributed by atoms with Gasteiger partial charge in [-0.25, -0.2) is 39.1 Å². The van der Waals surface area contributed by atoms with Crippen molar-refractivity contribution in [2.75, 3.05) is 39.3 Å². The number of nitrogens with zero attached hydrogens (tertiary/aromatic N) is 20. The molecule has 0 saturated carbocycles. The van der Waals surface area contributed by atoms with Gasteiger partial charge in [-0.15, -0.1) is 0 Å². The normalized spacial score (nSPS) is 17.1. The smallest absolute Gasteiger partial charge is 0.325 e. The molecule has 4 atom stereocenters. The number of aromatic nitrogens is 18. The van der Waals surface area contributed by atoms with Gasteiger partial charge in [-0.2, -0.15) is 0 Å². The molecule has 2 fully saturated rings. The van der Waals surface area contributed by atoms with Crippen LogP contribution in [0.15, 0.2) is 161 Å². The number of rotatable bonds is 20. The van der Waals surface area contributed by atoms with Gasteiger partial charge < -0.3 is 28.9 Å². The zero-order chi connectivity index (χ0) is 74.4. The van der Waals surface area contributed by atoms with Crippen LogP contribution in [0.4, 0.5) is 0 Å². The fourth-order valence-corrected chi connectivity index (χ4v) is 15.8. The summed E-state index contributed by atoms with van der Waals surface area (Å²) in [7, 11) is 12.6. The Hall–Kier alpha value is -10.8. The zero-order valence-electron chi connectivity index (χ0n) is 61.6. The quantitative estimate of drug-likeness (QED) is 0.100. The van der Waals surface area contributed by atoms with Gasteiger partial charge in [0.15, 0.2) is 44.7 Å². The van der Waals surface area contributed by atoms with E-state index < -0.39 is 0 Å². The van der Waals surface area contributed by atoms with E-state index in [-0.39, 0.29) is 45.0 Å². The highest BCUT2D eigenvalue weighted by atomic mass is 16.2. The molecule has 30 nitrogen and oxygen atoms in total.